The molecule has 0 aliphatic carbocycles. The summed E-state index contributed by atoms with van der Waals surface area (Å²) in [6.45, 7) is 5.09. The lowest BCUT2D eigenvalue weighted by Crippen LogP contribution is -2.37. The fourth-order valence-corrected chi connectivity index (χ4v) is 5.75. The number of rotatable bonds is 6. The summed E-state index contributed by atoms with van der Waals surface area (Å²) < 4.78 is 7.09. The first kappa shape index (κ1) is 28.3. The Kier molecular flexibility index (Phi) is 7.51. The Morgan fingerprint density at radius 2 is 1.71 bits per heavy atom. The summed E-state index contributed by atoms with van der Waals surface area (Å²) in [5, 5.41) is 7.44. The molecule has 1 saturated heterocycles. The highest BCUT2D eigenvalue weighted by Crippen LogP contribution is 2.32. The number of nitrogens with one attached hydrogen (secondary N) is 1. The molecule has 0 atom stereocenters. The molecule has 3 N–H and O–H groups in total. The maximum absolute atomic E-state index is 13.2. The minimum atomic E-state index is -0.391. The molecule has 0 radical (unpaired) electrons. The second kappa shape index (κ2) is 11.9. The van der Waals surface area contributed by atoms with Gasteiger partial charge in [0.15, 0.2) is 11.5 Å². The molecule has 0 spiro atoms. The molecule has 13 heteroatoms. The summed E-state index contributed by atoms with van der Waals surface area (Å²) in [5.41, 5.74) is 12.7. The molecule has 0 unspecified atom stereocenters. The molecule has 7 rings (SSSR count). The van der Waals surface area contributed by atoms with E-state index in [4.69, 9.17) is 15.5 Å². The second-order valence-electron chi connectivity index (χ2n) is 11.1. The number of amides is 2. The van der Waals surface area contributed by atoms with Gasteiger partial charge in [-0.15, -0.1) is 5.10 Å². The number of aryl methyl sites for hydroxylation is 1. The van der Waals surface area contributed by atoms with Gasteiger partial charge in [0.05, 0.1) is 25.1 Å². The first-order chi connectivity index (χ1) is 21.9. The summed E-state index contributed by atoms with van der Waals surface area (Å²) >= 11 is 0. The van der Waals surface area contributed by atoms with Crippen molar-refractivity contribution >= 4 is 34.9 Å². The number of nitrogens with zero attached hydrogens (tertiary/aromatic N) is 8. The van der Waals surface area contributed by atoms with Crippen molar-refractivity contribution in [3.05, 3.63) is 78.0 Å². The molecule has 5 heterocycles. The smallest absolute Gasteiger partial charge is 0.291 e. The number of nitrogens with two attached hydrogens (primary N) is 1. The SMILES string of the molecule is CC(=O)N1CCCc2cc(-c3ccc(CNC(=O)c4nc5c(N6CCOCC6)nc(-c6cnc(N)nc6)cn5n4)cc3)ccc21. The van der Waals surface area contributed by atoms with Crippen LogP contribution in [0.4, 0.5) is 17.5 Å². The largest absolute Gasteiger partial charge is 0.378 e. The Morgan fingerprint density at radius 1 is 0.956 bits per heavy atom. The molecule has 0 bridgehead atoms. The number of hydrogen-bond donors (Lipinski definition) is 2. The lowest BCUT2D eigenvalue weighted by atomic mass is 9.95. The summed E-state index contributed by atoms with van der Waals surface area (Å²) in [6.07, 6.45) is 6.82. The van der Waals surface area contributed by atoms with Gasteiger partial charge in [0.2, 0.25) is 17.7 Å². The van der Waals surface area contributed by atoms with E-state index in [0.29, 0.717) is 55.6 Å². The van der Waals surface area contributed by atoms with Crippen LogP contribution in [0.25, 0.3) is 28.0 Å². The molecule has 228 valence electrons. The lowest BCUT2D eigenvalue weighted by molar-refractivity contribution is -0.116. The highest BCUT2D eigenvalue weighted by atomic mass is 16.5. The molecule has 1 fully saturated rings. The molecule has 13 nitrogen and oxygen atoms in total. The number of aromatic nitrogens is 6. The van der Waals surface area contributed by atoms with Gasteiger partial charge in [0.1, 0.15) is 0 Å². The zero-order chi connectivity index (χ0) is 30.9. The molecular formula is C32H32N10O3. The third-order valence-electron chi connectivity index (χ3n) is 8.10. The normalized spacial score (nSPS) is 14.8. The van der Waals surface area contributed by atoms with Crippen molar-refractivity contribution in [1.29, 1.82) is 0 Å². The summed E-state index contributed by atoms with van der Waals surface area (Å²) in [6, 6.07) is 14.3. The van der Waals surface area contributed by atoms with Gasteiger partial charge < -0.3 is 25.6 Å². The van der Waals surface area contributed by atoms with E-state index in [1.165, 1.54) is 5.56 Å². The second-order valence-corrected chi connectivity index (χ2v) is 11.1. The number of carbonyl (C=O) groups excluding carboxylic acids is 2. The van der Waals surface area contributed by atoms with Crippen LogP contribution in [0.2, 0.25) is 0 Å². The van der Waals surface area contributed by atoms with Gasteiger partial charge in [-0.25, -0.2) is 19.5 Å². The van der Waals surface area contributed by atoms with E-state index in [2.05, 4.69) is 42.4 Å². The van der Waals surface area contributed by atoms with Crippen molar-refractivity contribution in [2.24, 2.45) is 0 Å². The van der Waals surface area contributed by atoms with Crippen LogP contribution in [0.15, 0.2) is 61.1 Å². The lowest BCUT2D eigenvalue weighted by Gasteiger charge is -2.29. The Balaban J connectivity index is 1.08. The fourth-order valence-electron chi connectivity index (χ4n) is 5.75. The number of benzene rings is 2. The van der Waals surface area contributed by atoms with E-state index in [0.717, 1.165) is 41.8 Å². The fraction of sp³-hybridized carbons (Fsp3) is 0.281. The van der Waals surface area contributed by atoms with E-state index < -0.39 is 5.91 Å². The van der Waals surface area contributed by atoms with E-state index >= 15 is 0 Å². The van der Waals surface area contributed by atoms with E-state index in [-0.39, 0.29) is 17.7 Å². The molecule has 0 saturated carbocycles. The van der Waals surface area contributed by atoms with Crippen LogP contribution in [-0.4, -0.2) is 74.2 Å². The van der Waals surface area contributed by atoms with Crippen molar-refractivity contribution in [3.8, 4) is 22.4 Å². The number of fused-ring (bicyclic) bond motifs is 2. The molecule has 2 aromatic carbocycles. The molecule has 2 amide bonds. The Labute approximate surface area is 259 Å². The minimum Gasteiger partial charge on any atom is -0.378 e. The number of carbonyl (C=O) groups is 2. The summed E-state index contributed by atoms with van der Waals surface area (Å²) in [7, 11) is 0. The number of morpholine rings is 1. The zero-order valence-electron chi connectivity index (χ0n) is 24.8. The van der Waals surface area contributed by atoms with Crippen LogP contribution in [0, 0.1) is 0 Å². The standard InChI is InChI=1S/C32H32N10O3/c1-20(43)41-10-2-3-24-15-23(8-9-27(24)41)22-6-4-21(5-7-22)16-34-31(44)28-38-30-29(40-11-13-45-14-12-40)37-26(19-42(30)39-28)25-17-35-32(33)36-18-25/h4-9,15,17-19H,2-3,10-14,16H2,1H3,(H,34,44)(H2,33,35,36). The monoisotopic (exact) mass is 604 g/mol. The van der Waals surface area contributed by atoms with Gasteiger partial charge in [-0.2, -0.15) is 4.98 Å². The molecule has 2 aliphatic rings. The van der Waals surface area contributed by atoms with Gasteiger partial charge in [0, 0.05) is 56.7 Å². The van der Waals surface area contributed by atoms with E-state index in [1.54, 1.807) is 30.0 Å². The highest BCUT2D eigenvalue weighted by molar-refractivity contribution is 5.93. The van der Waals surface area contributed by atoms with Gasteiger partial charge in [-0.3, -0.25) is 9.59 Å². The van der Waals surface area contributed by atoms with Crippen molar-refractivity contribution < 1.29 is 14.3 Å². The quantitative estimate of drug-likeness (QED) is 0.295. The molecular weight excluding hydrogens is 572 g/mol. The maximum Gasteiger partial charge on any atom is 0.291 e. The molecule has 5 aromatic rings. The first-order valence-corrected chi connectivity index (χ1v) is 14.9. The van der Waals surface area contributed by atoms with Crippen LogP contribution in [0.1, 0.15) is 35.1 Å². The summed E-state index contributed by atoms with van der Waals surface area (Å²) in [5.74, 6) is 0.496. The third-order valence-corrected chi connectivity index (χ3v) is 8.10. The number of nitrogen functional groups attached to an aromatic ring is 1. The van der Waals surface area contributed by atoms with Crippen molar-refractivity contribution in [2.45, 2.75) is 26.3 Å². The van der Waals surface area contributed by atoms with Crippen LogP contribution < -0.4 is 20.9 Å². The molecule has 3 aromatic heterocycles. The first-order valence-electron chi connectivity index (χ1n) is 14.9. The number of hydrogen-bond acceptors (Lipinski definition) is 10. The Hall–Kier alpha value is -5.43. The van der Waals surface area contributed by atoms with Gasteiger partial charge in [-0.05, 0) is 47.2 Å². The number of anilines is 3. The van der Waals surface area contributed by atoms with Crippen LogP contribution in [-0.2, 0) is 22.5 Å². The van der Waals surface area contributed by atoms with Crippen LogP contribution in [0.3, 0.4) is 0 Å². The zero-order valence-corrected chi connectivity index (χ0v) is 24.8. The van der Waals surface area contributed by atoms with Crippen LogP contribution >= 0.6 is 0 Å². The predicted octanol–water partition coefficient (Wildman–Crippen LogP) is 2.90. The minimum absolute atomic E-state index is 0.0438. The number of ether oxygens (including phenoxy) is 1. The average molecular weight is 605 g/mol. The van der Waals surface area contributed by atoms with Crippen LogP contribution in [0.5, 0.6) is 0 Å². The maximum atomic E-state index is 13.2. The van der Waals surface area contributed by atoms with Crippen molar-refractivity contribution in [2.75, 3.05) is 48.4 Å². The predicted molar refractivity (Wildman–Crippen MR) is 169 cm³/mol. The van der Waals surface area contributed by atoms with Gasteiger partial charge in [0.25, 0.3) is 5.91 Å². The third kappa shape index (κ3) is 5.77. The summed E-state index contributed by atoms with van der Waals surface area (Å²) in [4.78, 5) is 46.7. The van der Waals surface area contributed by atoms with Crippen molar-refractivity contribution in [1.82, 2.24) is 34.9 Å². The van der Waals surface area contributed by atoms with Crippen molar-refractivity contribution in [3.63, 3.8) is 0 Å². The topological polar surface area (TPSA) is 157 Å². The average Bonchev–Trinajstić information content (AvgIpc) is 3.52. The van der Waals surface area contributed by atoms with E-state index in [9.17, 15) is 9.59 Å². The molecule has 45 heavy (non-hydrogen) atoms. The Bertz CT molecular complexity index is 1880. The van der Waals surface area contributed by atoms with Gasteiger partial charge >= 0.3 is 0 Å². The van der Waals surface area contributed by atoms with E-state index in [1.807, 2.05) is 35.2 Å². The van der Waals surface area contributed by atoms with Gasteiger partial charge in [-0.1, -0.05) is 30.3 Å². The Morgan fingerprint density at radius 3 is 2.47 bits per heavy atom. The highest BCUT2D eigenvalue weighted by Gasteiger charge is 2.23. The molecule has 2 aliphatic heterocycles.